The lowest BCUT2D eigenvalue weighted by Crippen LogP contribution is -2.35. The van der Waals surface area contributed by atoms with Crippen LogP contribution in [0.1, 0.15) is 30.1 Å². The van der Waals surface area contributed by atoms with Gasteiger partial charge in [-0.1, -0.05) is 26.0 Å². The Labute approximate surface area is 163 Å². The summed E-state index contributed by atoms with van der Waals surface area (Å²) in [6.07, 6.45) is 3.19. The van der Waals surface area contributed by atoms with Gasteiger partial charge in [-0.15, -0.1) is 11.3 Å². The molecule has 2 aromatic rings. The fraction of sp³-hybridized carbons (Fsp3) is 0.350. The quantitative estimate of drug-likeness (QED) is 0.512. The Kier molecular flexibility index (Phi) is 8.00. The number of hydrogen-bond donors (Lipinski definition) is 2. The highest BCUT2D eigenvalue weighted by Gasteiger charge is 2.05. The molecule has 0 radical (unpaired) electrons. The molecule has 1 aromatic heterocycles. The molecule has 144 valence electrons. The fourth-order valence-corrected chi connectivity index (χ4v) is 2.74. The van der Waals surface area contributed by atoms with Gasteiger partial charge in [0, 0.05) is 30.5 Å². The van der Waals surface area contributed by atoms with Crippen LogP contribution in [0.15, 0.2) is 35.7 Å². The molecule has 0 aliphatic heterocycles. The predicted octanol–water partition coefficient (Wildman–Crippen LogP) is 2.93. The molecule has 2 amide bonds. The highest BCUT2D eigenvalue weighted by Crippen LogP contribution is 2.17. The maximum absolute atomic E-state index is 11.8. The minimum absolute atomic E-state index is 0.0237. The van der Waals surface area contributed by atoms with Crippen LogP contribution in [-0.2, 0) is 16.2 Å². The number of carbonyl (C=O) groups excluding carboxylic acids is 2. The van der Waals surface area contributed by atoms with Crippen molar-refractivity contribution in [2.24, 2.45) is 5.92 Å². The zero-order valence-corrected chi connectivity index (χ0v) is 16.6. The summed E-state index contributed by atoms with van der Waals surface area (Å²) in [6, 6.07) is 7.51. The first-order valence-electron chi connectivity index (χ1n) is 8.81. The van der Waals surface area contributed by atoms with E-state index >= 15 is 0 Å². The average molecular weight is 388 g/mol. The third-order valence-electron chi connectivity index (χ3n) is 3.59. The van der Waals surface area contributed by atoms with Crippen molar-refractivity contribution < 1.29 is 14.3 Å². The third-order valence-corrected chi connectivity index (χ3v) is 4.41. The number of nitrogens with zero attached hydrogens (tertiary/aromatic N) is 1. The smallest absolute Gasteiger partial charge is 0.244 e. The van der Waals surface area contributed by atoms with Gasteiger partial charge < -0.3 is 15.4 Å². The van der Waals surface area contributed by atoms with Gasteiger partial charge in [0.15, 0.2) is 0 Å². The standard InChI is InChI=1S/C20H25N3O3S/c1-14(2)20(25)22-10-9-21-19(24)8-7-16-5-4-6-18(11-16)26-12-17-13-27-15(3)23-17/h4-8,11,13-14H,9-10,12H2,1-3H3,(H,21,24)(H,22,25)/b8-7+. The lowest BCUT2D eigenvalue weighted by molar-refractivity contribution is -0.124. The van der Waals surface area contributed by atoms with Crippen LogP contribution in [0.4, 0.5) is 0 Å². The largest absolute Gasteiger partial charge is 0.487 e. The molecule has 6 nitrogen and oxygen atoms in total. The van der Waals surface area contributed by atoms with Crippen molar-refractivity contribution >= 4 is 29.2 Å². The molecule has 1 heterocycles. The first-order chi connectivity index (χ1) is 12.9. The molecular formula is C20H25N3O3S. The van der Waals surface area contributed by atoms with Gasteiger partial charge in [0.1, 0.15) is 12.4 Å². The first-order valence-corrected chi connectivity index (χ1v) is 9.69. The molecule has 0 spiro atoms. The zero-order chi connectivity index (χ0) is 19.6. The summed E-state index contributed by atoms with van der Waals surface area (Å²) < 4.78 is 5.74. The number of aromatic nitrogens is 1. The van der Waals surface area contributed by atoms with E-state index in [9.17, 15) is 9.59 Å². The summed E-state index contributed by atoms with van der Waals surface area (Å²) in [4.78, 5) is 27.6. The van der Waals surface area contributed by atoms with E-state index in [0.717, 1.165) is 22.0 Å². The molecule has 0 atom stereocenters. The molecule has 0 saturated carbocycles. The van der Waals surface area contributed by atoms with E-state index in [4.69, 9.17) is 4.74 Å². The predicted molar refractivity (Wildman–Crippen MR) is 108 cm³/mol. The van der Waals surface area contributed by atoms with E-state index < -0.39 is 0 Å². The number of amides is 2. The van der Waals surface area contributed by atoms with Crippen LogP contribution in [0.5, 0.6) is 5.75 Å². The van der Waals surface area contributed by atoms with Gasteiger partial charge in [-0.05, 0) is 30.7 Å². The van der Waals surface area contributed by atoms with Crippen molar-refractivity contribution in [3.63, 3.8) is 0 Å². The molecule has 2 N–H and O–H groups in total. The van der Waals surface area contributed by atoms with Crippen LogP contribution in [0.2, 0.25) is 0 Å². The highest BCUT2D eigenvalue weighted by atomic mass is 32.1. The molecule has 0 fully saturated rings. The van der Waals surface area contributed by atoms with Gasteiger partial charge in [0.25, 0.3) is 0 Å². The van der Waals surface area contributed by atoms with Crippen LogP contribution in [0.3, 0.4) is 0 Å². The summed E-state index contributed by atoms with van der Waals surface area (Å²) in [6.45, 7) is 6.83. The Hall–Kier alpha value is -2.67. The first kappa shape index (κ1) is 20.6. The van der Waals surface area contributed by atoms with Crippen LogP contribution in [0.25, 0.3) is 6.08 Å². The molecule has 0 saturated heterocycles. The summed E-state index contributed by atoms with van der Waals surface area (Å²) in [7, 11) is 0. The Morgan fingerprint density at radius 2 is 2.04 bits per heavy atom. The van der Waals surface area contributed by atoms with E-state index in [0.29, 0.717) is 19.7 Å². The van der Waals surface area contributed by atoms with Crippen LogP contribution in [0, 0.1) is 12.8 Å². The topological polar surface area (TPSA) is 80.3 Å². The van der Waals surface area contributed by atoms with Crippen LogP contribution < -0.4 is 15.4 Å². The Balaban J connectivity index is 1.77. The van der Waals surface area contributed by atoms with Crippen molar-refractivity contribution in [2.45, 2.75) is 27.4 Å². The Bertz CT molecular complexity index is 799. The van der Waals surface area contributed by atoms with Crippen molar-refractivity contribution in [2.75, 3.05) is 13.1 Å². The molecule has 0 unspecified atom stereocenters. The normalized spacial score (nSPS) is 11.0. The van der Waals surface area contributed by atoms with Gasteiger partial charge in [-0.2, -0.15) is 0 Å². The lowest BCUT2D eigenvalue weighted by atomic mass is 10.2. The second-order valence-corrected chi connectivity index (χ2v) is 7.35. The molecule has 2 rings (SSSR count). The molecule has 7 heteroatoms. The summed E-state index contributed by atoms with van der Waals surface area (Å²) in [5.41, 5.74) is 1.77. The zero-order valence-electron chi connectivity index (χ0n) is 15.8. The van der Waals surface area contributed by atoms with Gasteiger partial charge in [-0.3, -0.25) is 9.59 Å². The minimum Gasteiger partial charge on any atom is -0.487 e. The number of carbonyl (C=O) groups is 2. The molecule has 0 bridgehead atoms. The minimum atomic E-state index is -0.210. The van der Waals surface area contributed by atoms with E-state index in [2.05, 4.69) is 15.6 Å². The average Bonchev–Trinajstić information content (AvgIpc) is 3.07. The number of benzene rings is 1. The summed E-state index contributed by atoms with van der Waals surface area (Å²) >= 11 is 1.59. The van der Waals surface area contributed by atoms with Crippen LogP contribution >= 0.6 is 11.3 Å². The van der Waals surface area contributed by atoms with E-state index in [1.54, 1.807) is 17.4 Å². The summed E-state index contributed by atoms with van der Waals surface area (Å²) in [5.74, 6) is 0.428. The second kappa shape index (κ2) is 10.5. The SMILES string of the molecule is Cc1nc(COc2cccc(/C=C/C(=O)NCCNC(=O)C(C)C)c2)cs1. The number of nitrogens with one attached hydrogen (secondary N) is 2. The van der Waals surface area contributed by atoms with Crippen molar-refractivity contribution in [3.05, 3.63) is 52.0 Å². The van der Waals surface area contributed by atoms with Gasteiger partial charge >= 0.3 is 0 Å². The Morgan fingerprint density at radius 1 is 1.26 bits per heavy atom. The fourth-order valence-electron chi connectivity index (χ4n) is 2.15. The number of aryl methyl sites for hydroxylation is 1. The molecule has 0 aliphatic carbocycles. The Morgan fingerprint density at radius 3 is 2.74 bits per heavy atom. The number of hydrogen-bond acceptors (Lipinski definition) is 5. The lowest BCUT2D eigenvalue weighted by Gasteiger charge is -2.07. The molecule has 1 aromatic carbocycles. The monoisotopic (exact) mass is 387 g/mol. The van der Waals surface area contributed by atoms with Crippen molar-refractivity contribution in [3.8, 4) is 5.75 Å². The van der Waals surface area contributed by atoms with Gasteiger partial charge in [0.05, 0.1) is 10.7 Å². The summed E-state index contributed by atoms with van der Waals surface area (Å²) in [5, 5.41) is 8.47. The number of ether oxygens (including phenoxy) is 1. The maximum Gasteiger partial charge on any atom is 0.244 e. The maximum atomic E-state index is 11.8. The molecule has 0 aliphatic rings. The number of thiazole rings is 1. The van der Waals surface area contributed by atoms with E-state index in [1.165, 1.54) is 6.08 Å². The van der Waals surface area contributed by atoms with Crippen LogP contribution in [-0.4, -0.2) is 29.9 Å². The van der Waals surface area contributed by atoms with Crippen molar-refractivity contribution in [1.82, 2.24) is 15.6 Å². The highest BCUT2D eigenvalue weighted by molar-refractivity contribution is 7.09. The molecular weight excluding hydrogens is 362 g/mol. The second-order valence-electron chi connectivity index (χ2n) is 6.29. The number of rotatable bonds is 9. The van der Waals surface area contributed by atoms with E-state index in [-0.39, 0.29) is 17.7 Å². The van der Waals surface area contributed by atoms with Crippen molar-refractivity contribution in [1.29, 1.82) is 0 Å². The third kappa shape index (κ3) is 7.62. The molecule has 27 heavy (non-hydrogen) atoms. The van der Waals surface area contributed by atoms with Gasteiger partial charge in [0.2, 0.25) is 11.8 Å². The van der Waals surface area contributed by atoms with Gasteiger partial charge in [-0.25, -0.2) is 4.98 Å². The van der Waals surface area contributed by atoms with E-state index in [1.807, 2.05) is 50.4 Å².